The average Bonchev–Trinajstić information content (AvgIpc) is 3.12. The van der Waals surface area contributed by atoms with E-state index in [1.807, 2.05) is 0 Å². The van der Waals surface area contributed by atoms with Gasteiger partial charge in [0.2, 0.25) is 0 Å². The lowest BCUT2D eigenvalue weighted by Gasteiger charge is -2.25. The minimum Gasteiger partial charge on any atom is -0.366 e. The highest BCUT2D eigenvalue weighted by atomic mass is 16.5. The summed E-state index contributed by atoms with van der Waals surface area (Å²) in [5, 5.41) is 3.59. The molecule has 3 heteroatoms. The highest BCUT2D eigenvalue weighted by molar-refractivity contribution is 4.73. The molecule has 0 radical (unpaired) electrons. The average molecular weight is 226 g/mol. The summed E-state index contributed by atoms with van der Waals surface area (Å²) < 4.78 is 5.66. The van der Waals surface area contributed by atoms with Crippen LogP contribution in [0.15, 0.2) is 0 Å². The molecule has 0 spiro atoms. The third-order valence-corrected chi connectivity index (χ3v) is 3.63. The number of nitrogens with one attached hydrogen (secondary N) is 1. The highest BCUT2D eigenvalue weighted by Gasteiger charge is 2.21. The van der Waals surface area contributed by atoms with Gasteiger partial charge in [0.25, 0.3) is 0 Å². The van der Waals surface area contributed by atoms with Crippen molar-refractivity contribution < 1.29 is 4.74 Å². The van der Waals surface area contributed by atoms with Gasteiger partial charge in [-0.15, -0.1) is 0 Å². The van der Waals surface area contributed by atoms with Crippen LogP contribution in [0.4, 0.5) is 0 Å². The predicted octanol–water partition coefficient (Wildman–Crippen LogP) is 1.83. The molecule has 1 saturated heterocycles. The summed E-state index contributed by atoms with van der Waals surface area (Å²) in [7, 11) is 2.16. The first kappa shape index (κ1) is 12.3. The van der Waals surface area contributed by atoms with Gasteiger partial charge in [0, 0.05) is 12.6 Å². The zero-order chi connectivity index (χ0) is 11.2. The predicted molar refractivity (Wildman–Crippen MR) is 66.4 cm³/mol. The molecule has 16 heavy (non-hydrogen) atoms. The fourth-order valence-corrected chi connectivity index (χ4v) is 2.27. The number of nitrogens with zero attached hydrogens (tertiary/aromatic N) is 1. The first-order valence-corrected chi connectivity index (χ1v) is 6.84. The van der Waals surface area contributed by atoms with E-state index in [2.05, 4.69) is 17.3 Å². The van der Waals surface area contributed by atoms with Crippen LogP contribution in [0.3, 0.4) is 0 Å². The lowest BCUT2D eigenvalue weighted by Crippen LogP contribution is -2.37. The Morgan fingerprint density at radius 2 is 2.12 bits per heavy atom. The molecule has 1 atom stereocenters. The molecule has 0 aromatic rings. The molecule has 1 saturated carbocycles. The number of piperidine rings is 1. The Hall–Kier alpha value is -0.120. The minimum atomic E-state index is 0.750. The van der Waals surface area contributed by atoms with Gasteiger partial charge in [-0.25, -0.2) is 0 Å². The molecule has 2 rings (SSSR count). The first-order valence-electron chi connectivity index (χ1n) is 6.84. The van der Waals surface area contributed by atoms with E-state index in [9.17, 15) is 0 Å². The maximum Gasteiger partial charge on any atom is 0.0987 e. The quantitative estimate of drug-likeness (QED) is 0.670. The molecule has 1 aliphatic heterocycles. The molecule has 0 aromatic heterocycles. The topological polar surface area (TPSA) is 24.5 Å². The van der Waals surface area contributed by atoms with E-state index in [0.717, 1.165) is 31.8 Å². The van der Waals surface area contributed by atoms with Crippen molar-refractivity contribution in [3.63, 3.8) is 0 Å². The van der Waals surface area contributed by atoms with Crippen LogP contribution in [0.1, 0.15) is 38.5 Å². The minimum absolute atomic E-state index is 0.750. The van der Waals surface area contributed by atoms with Crippen molar-refractivity contribution in [3.8, 4) is 0 Å². The van der Waals surface area contributed by atoms with Crippen LogP contribution in [-0.2, 0) is 4.74 Å². The Balaban J connectivity index is 1.46. The monoisotopic (exact) mass is 226 g/mol. The molecule has 3 nitrogen and oxygen atoms in total. The van der Waals surface area contributed by atoms with E-state index in [4.69, 9.17) is 4.74 Å². The number of rotatable bonds is 7. The summed E-state index contributed by atoms with van der Waals surface area (Å²) in [4.78, 5) is 2.30. The van der Waals surface area contributed by atoms with Gasteiger partial charge in [0.15, 0.2) is 0 Å². The van der Waals surface area contributed by atoms with Gasteiger partial charge in [-0.05, 0) is 51.6 Å². The van der Waals surface area contributed by atoms with Gasteiger partial charge in [-0.1, -0.05) is 6.42 Å². The van der Waals surface area contributed by atoms with Crippen LogP contribution in [0.25, 0.3) is 0 Å². The summed E-state index contributed by atoms with van der Waals surface area (Å²) in [5.41, 5.74) is 0. The zero-order valence-electron chi connectivity index (χ0n) is 10.6. The number of ether oxygens (including phenoxy) is 1. The summed E-state index contributed by atoms with van der Waals surface area (Å²) in [6.45, 7) is 4.16. The molecule has 2 fully saturated rings. The van der Waals surface area contributed by atoms with Gasteiger partial charge in [-0.3, -0.25) is 4.90 Å². The zero-order valence-corrected chi connectivity index (χ0v) is 10.6. The second kappa shape index (κ2) is 6.58. The first-order chi connectivity index (χ1) is 7.84. The van der Waals surface area contributed by atoms with Crippen molar-refractivity contribution in [1.29, 1.82) is 0 Å². The lowest BCUT2D eigenvalue weighted by molar-refractivity contribution is 0.0349. The largest absolute Gasteiger partial charge is 0.366 e. The van der Waals surface area contributed by atoms with Crippen LogP contribution in [0.5, 0.6) is 0 Å². The molecule has 0 aromatic carbocycles. The van der Waals surface area contributed by atoms with Gasteiger partial charge >= 0.3 is 0 Å². The van der Waals surface area contributed by atoms with E-state index in [-0.39, 0.29) is 0 Å². The summed E-state index contributed by atoms with van der Waals surface area (Å²) in [6.07, 6.45) is 8.15. The van der Waals surface area contributed by atoms with Crippen LogP contribution < -0.4 is 5.32 Å². The maximum absolute atomic E-state index is 5.66. The van der Waals surface area contributed by atoms with E-state index in [0.29, 0.717) is 0 Å². The Morgan fingerprint density at radius 3 is 2.81 bits per heavy atom. The second-order valence-corrected chi connectivity index (χ2v) is 5.46. The molecule has 0 bridgehead atoms. The summed E-state index contributed by atoms with van der Waals surface area (Å²) >= 11 is 0. The highest BCUT2D eigenvalue weighted by Crippen LogP contribution is 2.28. The third-order valence-electron chi connectivity index (χ3n) is 3.63. The van der Waals surface area contributed by atoms with Crippen molar-refractivity contribution in [2.45, 2.75) is 44.6 Å². The maximum atomic E-state index is 5.66. The molecule has 2 aliphatic rings. The van der Waals surface area contributed by atoms with E-state index < -0.39 is 0 Å². The van der Waals surface area contributed by atoms with Gasteiger partial charge in [-0.2, -0.15) is 0 Å². The van der Waals surface area contributed by atoms with E-state index in [1.165, 1.54) is 45.1 Å². The Bertz CT molecular complexity index is 188. The normalized spacial score (nSPS) is 26.2. The standard InChI is InChI=1S/C13H26N2O/c1-15(11-16-10-12-5-6-12)9-7-13-4-2-3-8-14-13/h12-14H,2-11H2,1H3. The third kappa shape index (κ3) is 4.81. The number of hydrogen-bond donors (Lipinski definition) is 1. The van der Waals surface area contributed by atoms with Crippen molar-refractivity contribution in [2.75, 3.05) is 33.5 Å². The van der Waals surface area contributed by atoms with E-state index in [1.54, 1.807) is 0 Å². The molecule has 94 valence electrons. The smallest absolute Gasteiger partial charge is 0.0987 e. The molecule has 1 unspecified atom stereocenters. The molecular formula is C13H26N2O. The SMILES string of the molecule is CN(CCC1CCCCN1)COCC1CC1. The molecule has 1 aliphatic carbocycles. The van der Waals surface area contributed by atoms with E-state index >= 15 is 0 Å². The van der Waals surface area contributed by atoms with Gasteiger partial charge in [0.05, 0.1) is 13.3 Å². The molecular weight excluding hydrogens is 200 g/mol. The second-order valence-electron chi connectivity index (χ2n) is 5.46. The van der Waals surface area contributed by atoms with Crippen molar-refractivity contribution >= 4 is 0 Å². The fourth-order valence-electron chi connectivity index (χ4n) is 2.27. The van der Waals surface area contributed by atoms with Gasteiger partial charge < -0.3 is 10.1 Å². The van der Waals surface area contributed by atoms with Crippen LogP contribution in [0, 0.1) is 5.92 Å². The fraction of sp³-hybridized carbons (Fsp3) is 1.00. The summed E-state index contributed by atoms with van der Waals surface area (Å²) in [6, 6.07) is 0.750. The number of hydrogen-bond acceptors (Lipinski definition) is 3. The Labute approximate surface area is 99.5 Å². The Kier molecular flexibility index (Phi) is 5.07. The van der Waals surface area contributed by atoms with Crippen molar-refractivity contribution in [2.24, 2.45) is 5.92 Å². The van der Waals surface area contributed by atoms with Crippen molar-refractivity contribution in [3.05, 3.63) is 0 Å². The van der Waals surface area contributed by atoms with Crippen molar-refractivity contribution in [1.82, 2.24) is 10.2 Å². The lowest BCUT2D eigenvalue weighted by atomic mass is 10.0. The van der Waals surface area contributed by atoms with Crippen LogP contribution in [-0.4, -0.2) is 44.4 Å². The Morgan fingerprint density at radius 1 is 1.25 bits per heavy atom. The molecule has 1 heterocycles. The summed E-state index contributed by atoms with van der Waals surface area (Å²) in [5.74, 6) is 0.883. The molecule has 1 N–H and O–H groups in total. The van der Waals surface area contributed by atoms with Gasteiger partial charge in [0.1, 0.15) is 0 Å². The van der Waals surface area contributed by atoms with Crippen LogP contribution in [0.2, 0.25) is 0 Å². The molecule has 0 amide bonds. The van der Waals surface area contributed by atoms with Crippen LogP contribution >= 0.6 is 0 Å².